The summed E-state index contributed by atoms with van der Waals surface area (Å²) in [4.78, 5) is 0. The van der Waals surface area contributed by atoms with Crippen molar-refractivity contribution in [2.75, 3.05) is 17.3 Å². The van der Waals surface area contributed by atoms with E-state index in [2.05, 4.69) is 0 Å². The van der Waals surface area contributed by atoms with Crippen molar-refractivity contribution in [2.24, 2.45) is 0 Å². The zero-order chi connectivity index (χ0) is 11.6. The van der Waals surface area contributed by atoms with Crippen molar-refractivity contribution < 1.29 is 10.2 Å². The van der Waals surface area contributed by atoms with E-state index in [1.165, 1.54) is 0 Å². The van der Waals surface area contributed by atoms with Gasteiger partial charge >= 0.3 is 0 Å². The minimum atomic E-state index is -1.04. The maximum absolute atomic E-state index is 9.70. The molecule has 0 radical (unpaired) electrons. The molecule has 1 rings (SSSR count). The number of aliphatic hydroxyl groups excluding tert-OH is 2. The van der Waals surface area contributed by atoms with Crippen LogP contribution < -0.4 is 11.5 Å². The van der Waals surface area contributed by atoms with Crippen LogP contribution in [0.4, 0.5) is 11.4 Å². The van der Waals surface area contributed by atoms with Gasteiger partial charge in [-0.25, -0.2) is 0 Å². The number of hydrogen-bond acceptors (Lipinski definition) is 4. The number of aliphatic hydroxyl groups is 2. The number of anilines is 2. The molecule has 1 aromatic carbocycles. The van der Waals surface area contributed by atoms with Gasteiger partial charge in [-0.05, 0) is 24.1 Å². The first-order valence-electron chi connectivity index (χ1n) is 4.55. The molecule has 6 N–H and O–H groups in total. The molecule has 2 atom stereocenters. The number of alkyl halides is 1. The Bertz CT molecular complexity index is 334. The molecule has 15 heavy (non-hydrogen) atoms. The largest absolute Gasteiger partial charge is 0.397 e. The predicted molar refractivity (Wildman–Crippen MR) is 61.7 cm³/mol. The fourth-order valence-electron chi connectivity index (χ4n) is 1.33. The number of benzene rings is 1. The van der Waals surface area contributed by atoms with Crippen molar-refractivity contribution in [3.8, 4) is 0 Å². The Labute approximate surface area is 93.5 Å². The molecule has 5 heteroatoms. The number of aryl methyl sites for hydroxylation is 1. The van der Waals surface area contributed by atoms with Crippen LogP contribution >= 0.6 is 11.6 Å². The highest BCUT2D eigenvalue weighted by Gasteiger charge is 2.18. The summed E-state index contributed by atoms with van der Waals surface area (Å²) in [5, 5.41) is 19.1. The molecule has 0 amide bonds. The Hall–Kier alpha value is -0.970. The van der Waals surface area contributed by atoms with Crippen molar-refractivity contribution in [1.29, 1.82) is 0 Å². The predicted octanol–water partition coefficient (Wildman–Crippen LogP) is 0.793. The Morgan fingerprint density at radius 3 is 2.40 bits per heavy atom. The van der Waals surface area contributed by atoms with Crippen molar-refractivity contribution in [1.82, 2.24) is 0 Å². The molecule has 0 aliphatic carbocycles. The quantitative estimate of drug-likeness (QED) is 0.456. The van der Waals surface area contributed by atoms with Gasteiger partial charge in [0.25, 0.3) is 0 Å². The fourth-order valence-corrected chi connectivity index (χ4v) is 1.50. The second-order valence-electron chi connectivity index (χ2n) is 3.51. The molecule has 0 aliphatic heterocycles. The van der Waals surface area contributed by atoms with E-state index in [-0.39, 0.29) is 5.88 Å². The van der Waals surface area contributed by atoms with E-state index in [4.69, 9.17) is 23.1 Å². The lowest BCUT2D eigenvalue weighted by molar-refractivity contribution is 0.0327. The standard InChI is InChI=1S/C10H15ClN2O2/c1-5-2-6(3-7(12)9(5)13)10(15)8(14)4-11/h2-3,8,10,14-15H,4,12-13H2,1H3. The minimum Gasteiger partial charge on any atom is -0.397 e. The number of halogens is 1. The normalized spacial score (nSPS) is 14.9. The topological polar surface area (TPSA) is 92.5 Å². The van der Waals surface area contributed by atoms with Gasteiger partial charge in [0.05, 0.1) is 23.4 Å². The van der Waals surface area contributed by atoms with E-state index < -0.39 is 12.2 Å². The highest BCUT2D eigenvalue weighted by Crippen LogP contribution is 2.27. The third-order valence-corrected chi connectivity index (χ3v) is 2.62. The first-order chi connectivity index (χ1) is 6.97. The zero-order valence-corrected chi connectivity index (χ0v) is 9.20. The Balaban J connectivity index is 3.06. The molecule has 0 saturated heterocycles. The highest BCUT2D eigenvalue weighted by atomic mass is 35.5. The van der Waals surface area contributed by atoms with Gasteiger partial charge in [-0.3, -0.25) is 0 Å². The molecular formula is C10H15ClN2O2. The average Bonchev–Trinajstić information content (AvgIpc) is 2.23. The maximum Gasteiger partial charge on any atom is 0.106 e. The van der Waals surface area contributed by atoms with Crippen molar-refractivity contribution in [3.05, 3.63) is 23.3 Å². The zero-order valence-electron chi connectivity index (χ0n) is 8.44. The molecule has 4 nitrogen and oxygen atoms in total. The summed E-state index contributed by atoms with van der Waals surface area (Å²) in [6, 6.07) is 3.23. The van der Waals surface area contributed by atoms with Crippen LogP contribution in [0.1, 0.15) is 17.2 Å². The molecule has 0 aromatic heterocycles. The highest BCUT2D eigenvalue weighted by molar-refractivity contribution is 6.18. The number of rotatable bonds is 3. The van der Waals surface area contributed by atoms with Gasteiger partial charge in [-0.2, -0.15) is 0 Å². The molecule has 1 aromatic rings. The molecule has 0 spiro atoms. The third-order valence-electron chi connectivity index (χ3n) is 2.31. The molecule has 84 valence electrons. The van der Waals surface area contributed by atoms with Crippen molar-refractivity contribution in [2.45, 2.75) is 19.1 Å². The van der Waals surface area contributed by atoms with E-state index >= 15 is 0 Å². The monoisotopic (exact) mass is 230 g/mol. The summed E-state index contributed by atoms with van der Waals surface area (Å²) >= 11 is 5.44. The molecule has 0 saturated carbocycles. The molecule has 0 heterocycles. The lowest BCUT2D eigenvalue weighted by Gasteiger charge is -2.17. The van der Waals surface area contributed by atoms with Crippen LogP contribution in [0.2, 0.25) is 0 Å². The lowest BCUT2D eigenvalue weighted by atomic mass is 10.0. The average molecular weight is 231 g/mol. The third kappa shape index (κ3) is 2.53. The van der Waals surface area contributed by atoms with E-state index in [1.807, 2.05) is 0 Å². The van der Waals surface area contributed by atoms with Crippen LogP contribution in [-0.2, 0) is 0 Å². The summed E-state index contributed by atoms with van der Waals surface area (Å²) in [6.45, 7) is 1.79. The summed E-state index contributed by atoms with van der Waals surface area (Å²) in [5.74, 6) is -0.0372. The minimum absolute atomic E-state index is 0.0372. The second-order valence-corrected chi connectivity index (χ2v) is 3.82. The van der Waals surface area contributed by atoms with Gasteiger partial charge in [0.1, 0.15) is 6.10 Å². The van der Waals surface area contributed by atoms with Crippen LogP contribution in [0.15, 0.2) is 12.1 Å². The van der Waals surface area contributed by atoms with Gasteiger partial charge in [0.15, 0.2) is 0 Å². The first-order valence-corrected chi connectivity index (χ1v) is 5.08. The lowest BCUT2D eigenvalue weighted by Crippen LogP contribution is -2.20. The van der Waals surface area contributed by atoms with Gasteiger partial charge < -0.3 is 21.7 Å². The van der Waals surface area contributed by atoms with Crippen molar-refractivity contribution >= 4 is 23.0 Å². The van der Waals surface area contributed by atoms with E-state index in [9.17, 15) is 10.2 Å². The second kappa shape index (κ2) is 4.70. The van der Waals surface area contributed by atoms with E-state index in [0.717, 1.165) is 5.56 Å². The molecule has 2 unspecified atom stereocenters. The Kier molecular flexibility index (Phi) is 3.79. The van der Waals surface area contributed by atoms with Crippen LogP contribution in [0.3, 0.4) is 0 Å². The molecule has 0 aliphatic rings. The molecular weight excluding hydrogens is 216 g/mol. The number of nitrogen functional groups attached to an aromatic ring is 2. The molecule has 0 bridgehead atoms. The summed E-state index contributed by atoms with van der Waals surface area (Å²) in [6.07, 6.45) is -2.04. The van der Waals surface area contributed by atoms with Gasteiger partial charge in [0.2, 0.25) is 0 Å². The van der Waals surface area contributed by atoms with Gasteiger partial charge in [-0.1, -0.05) is 6.07 Å². The molecule has 0 fully saturated rings. The van der Waals surface area contributed by atoms with Crippen LogP contribution in [0.5, 0.6) is 0 Å². The van der Waals surface area contributed by atoms with E-state index in [0.29, 0.717) is 16.9 Å². The maximum atomic E-state index is 9.70. The van der Waals surface area contributed by atoms with Crippen LogP contribution in [0, 0.1) is 6.92 Å². The van der Waals surface area contributed by atoms with E-state index in [1.54, 1.807) is 19.1 Å². The summed E-state index contributed by atoms with van der Waals surface area (Å²) < 4.78 is 0. The smallest absolute Gasteiger partial charge is 0.106 e. The SMILES string of the molecule is Cc1cc(C(O)C(O)CCl)cc(N)c1N. The van der Waals surface area contributed by atoms with Crippen LogP contribution in [-0.4, -0.2) is 22.2 Å². The first kappa shape index (κ1) is 12.1. The Morgan fingerprint density at radius 2 is 1.93 bits per heavy atom. The summed E-state index contributed by atoms with van der Waals surface area (Å²) in [5.41, 5.74) is 13.5. The number of hydrogen-bond donors (Lipinski definition) is 4. The Morgan fingerprint density at radius 1 is 1.33 bits per heavy atom. The number of nitrogens with two attached hydrogens (primary N) is 2. The van der Waals surface area contributed by atoms with Crippen molar-refractivity contribution in [3.63, 3.8) is 0 Å². The fraction of sp³-hybridized carbons (Fsp3) is 0.400. The van der Waals surface area contributed by atoms with Crippen LogP contribution in [0.25, 0.3) is 0 Å². The summed E-state index contributed by atoms with van der Waals surface area (Å²) in [7, 11) is 0. The van der Waals surface area contributed by atoms with Gasteiger partial charge in [-0.15, -0.1) is 11.6 Å². The van der Waals surface area contributed by atoms with Gasteiger partial charge in [0, 0.05) is 0 Å².